The van der Waals surface area contributed by atoms with Crippen molar-refractivity contribution in [3.8, 4) is 5.75 Å². The van der Waals surface area contributed by atoms with Crippen molar-refractivity contribution in [1.82, 2.24) is 0 Å². The molecule has 21 heavy (non-hydrogen) atoms. The topological polar surface area (TPSA) is 52.3 Å². The summed E-state index contributed by atoms with van der Waals surface area (Å²) in [5.74, 6) is 0.953. The second-order valence-corrected chi connectivity index (χ2v) is 5.22. The summed E-state index contributed by atoms with van der Waals surface area (Å²) in [7, 11) is 1.54. The minimum Gasteiger partial charge on any atom is -0.496 e. The molecule has 3 nitrogen and oxygen atoms in total. The van der Waals surface area contributed by atoms with Gasteiger partial charge in [-0.25, -0.2) is 0 Å². The molecule has 3 heteroatoms. The van der Waals surface area contributed by atoms with Gasteiger partial charge in [0.2, 0.25) is 0 Å². The minimum absolute atomic E-state index is 0.0532. The highest BCUT2D eigenvalue weighted by Crippen LogP contribution is 2.25. The van der Waals surface area contributed by atoms with Gasteiger partial charge in [-0.1, -0.05) is 38.1 Å². The summed E-state index contributed by atoms with van der Waals surface area (Å²) in [5, 5.41) is 0. The third-order valence-electron chi connectivity index (χ3n) is 3.82. The van der Waals surface area contributed by atoms with Crippen LogP contribution in [-0.2, 0) is 0 Å². The number of carbonyl (C=O) groups excluding carboxylic acids is 1. The van der Waals surface area contributed by atoms with Crippen LogP contribution in [0.4, 0.5) is 5.69 Å². The van der Waals surface area contributed by atoms with Crippen LogP contribution in [0.5, 0.6) is 5.75 Å². The van der Waals surface area contributed by atoms with Crippen LogP contribution in [0.25, 0.3) is 0 Å². The maximum atomic E-state index is 12.6. The Morgan fingerprint density at radius 2 is 1.86 bits per heavy atom. The van der Waals surface area contributed by atoms with Crippen molar-refractivity contribution < 1.29 is 9.53 Å². The predicted octanol–water partition coefficient (Wildman–Crippen LogP) is 4.02. The molecule has 0 heterocycles. The highest BCUT2D eigenvalue weighted by molar-refractivity contribution is 6.10. The Hall–Kier alpha value is -2.29. The van der Waals surface area contributed by atoms with Gasteiger partial charge in [0.15, 0.2) is 5.78 Å². The summed E-state index contributed by atoms with van der Waals surface area (Å²) in [4.78, 5) is 12.6. The Labute approximate surface area is 125 Å². The van der Waals surface area contributed by atoms with E-state index in [0.29, 0.717) is 28.5 Å². The van der Waals surface area contributed by atoms with Gasteiger partial charge in [0, 0.05) is 17.3 Å². The van der Waals surface area contributed by atoms with E-state index in [9.17, 15) is 4.79 Å². The molecular formula is C18H21NO2. The third kappa shape index (κ3) is 3.24. The first-order valence-electron chi connectivity index (χ1n) is 7.15. The first kappa shape index (κ1) is 15.1. The largest absolute Gasteiger partial charge is 0.496 e. The monoisotopic (exact) mass is 283 g/mol. The van der Waals surface area contributed by atoms with Crippen molar-refractivity contribution in [2.75, 3.05) is 12.8 Å². The number of ether oxygens (including phenoxy) is 1. The van der Waals surface area contributed by atoms with Crippen LogP contribution in [0.2, 0.25) is 0 Å². The van der Waals surface area contributed by atoms with Crippen LogP contribution in [-0.4, -0.2) is 12.9 Å². The van der Waals surface area contributed by atoms with Crippen LogP contribution < -0.4 is 10.5 Å². The predicted molar refractivity (Wildman–Crippen MR) is 86.0 cm³/mol. The number of carbonyl (C=O) groups is 1. The lowest BCUT2D eigenvalue weighted by molar-refractivity contribution is 0.103. The molecule has 0 spiro atoms. The summed E-state index contributed by atoms with van der Waals surface area (Å²) in [6, 6.07) is 12.9. The molecule has 2 aromatic rings. The van der Waals surface area contributed by atoms with Crippen LogP contribution >= 0.6 is 0 Å². The normalized spacial score (nSPS) is 12.0. The van der Waals surface area contributed by atoms with Gasteiger partial charge in [0.25, 0.3) is 0 Å². The lowest BCUT2D eigenvalue weighted by Crippen LogP contribution is -2.05. The first-order valence-corrected chi connectivity index (χ1v) is 7.15. The number of hydrogen-bond acceptors (Lipinski definition) is 3. The van der Waals surface area contributed by atoms with E-state index in [0.717, 1.165) is 6.42 Å². The average Bonchev–Trinajstić information content (AvgIpc) is 2.53. The molecule has 0 bridgehead atoms. The lowest BCUT2D eigenvalue weighted by atomic mass is 9.95. The maximum Gasteiger partial charge on any atom is 0.196 e. The molecule has 0 radical (unpaired) electrons. The molecule has 0 saturated heterocycles. The lowest BCUT2D eigenvalue weighted by Gasteiger charge is -2.11. The molecule has 0 saturated carbocycles. The van der Waals surface area contributed by atoms with Crippen molar-refractivity contribution in [2.45, 2.75) is 26.2 Å². The first-order chi connectivity index (χ1) is 10.1. The van der Waals surface area contributed by atoms with Crippen LogP contribution in [0.1, 0.15) is 47.7 Å². The van der Waals surface area contributed by atoms with Crippen LogP contribution in [0, 0.1) is 0 Å². The molecule has 1 unspecified atom stereocenters. The average molecular weight is 283 g/mol. The molecular weight excluding hydrogens is 262 g/mol. The fourth-order valence-electron chi connectivity index (χ4n) is 2.25. The molecule has 2 N–H and O–H groups in total. The van der Waals surface area contributed by atoms with E-state index in [1.54, 1.807) is 18.2 Å². The smallest absolute Gasteiger partial charge is 0.196 e. The van der Waals surface area contributed by atoms with Gasteiger partial charge in [-0.15, -0.1) is 0 Å². The van der Waals surface area contributed by atoms with E-state index in [1.165, 1.54) is 12.7 Å². The number of nitrogen functional groups attached to an aromatic ring is 1. The van der Waals surface area contributed by atoms with Crippen molar-refractivity contribution in [3.63, 3.8) is 0 Å². The molecule has 110 valence electrons. The van der Waals surface area contributed by atoms with Crippen molar-refractivity contribution in [2.24, 2.45) is 0 Å². The molecule has 0 aliphatic heterocycles. The van der Waals surface area contributed by atoms with Crippen molar-refractivity contribution >= 4 is 11.5 Å². The van der Waals surface area contributed by atoms with Gasteiger partial charge < -0.3 is 10.5 Å². The number of nitrogens with two attached hydrogens (primary N) is 1. The molecule has 2 aromatic carbocycles. The number of ketones is 1. The van der Waals surface area contributed by atoms with Crippen LogP contribution in [0.15, 0.2) is 42.5 Å². The maximum absolute atomic E-state index is 12.6. The van der Waals surface area contributed by atoms with Gasteiger partial charge in [-0.2, -0.15) is 0 Å². The van der Waals surface area contributed by atoms with Crippen LogP contribution in [0.3, 0.4) is 0 Å². The van der Waals surface area contributed by atoms with Gasteiger partial charge in [0.05, 0.1) is 12.7 Å². The highest BCUT2D eigenvalue weighted by Gasteiger charge is 2.15. The summed E-state index contributed by atoms with van der Waals surface area (Å²) in [5.41, 5.74) is 8.73. The zero-order valence-corrected chi connectivity index (χ0v) is 12.7. The Bertz CT molecular complexity index is 632. The fourth-order valence-corrected chi connectivity index (χ4v) is 2.25. The molecule has 0 aromatic heterocycles. The quantitative estimate of drug-likeness (QED) is 0.666. The number of benzene rings is 2. The van der Waals surface area contributed by atoms with Gasteiger partial charge in [-0.3, -0.25) is 4.79 Å². The third-order valence-corrected chi connectivity index (χ3v) is 3.82. The number of methoxy groups -OCH3 is 1. The molecule has 0 amide bonds. The molecule has 0 fully saturated rings. The molecule has 0 aliphatic rings. The van der Waals surface area contributed by atoms with E-state index in [2.05, 4.69) is 13.8 Å². The van der Waals surface area contributed by atoms with E-state index < -0.39 is 0 Å². The van der Waals surface area contributed by atoms with E-state index in [4.69, 9.17) is 10.5 Å². The molecule has 1 atom stereocenters. The zero-order chi connectivity index (χ0) is 15.4. The molecule has 0 aliphatic carbocycles. The Balaban J connectivity index is 2.32. The Morgan fingerprint density at radius 1 is 1.19 bits per heavy atom. The Morgan fingerprint density at radius 3 is 2.43 bits per heavy atom. The summed E-state index contributed by atoms with van der Waals surface area (Å²) < 4.78 is 5.25. The van der Waals surface area contributed by atoms with E-state index in [-0.39, 0.29) is 5.78 Å². The summed E-state index contributed by atoms with van der Waals surface area (Å²) in [6.07, 6.45) is 1.08. The summed E-state index contributed by atoms with van der Waals surface area (Å²) >= 11 is 0. The second kappa shape index (κ2) is 6.44. The van der Waals surface area contributed by atoms with Gasteiger partial charge >= 0.3 is 0 Å². The van der Waals surface area contributed by atoms with Gasteiger partial charge in [0.1, 0.15) is 5.75 Å². The minimum atomic E-state index is -0.0532. The fraction of sp³-hybridized carbons (Fsp3) is 0.278. The van der Waals surface area contributed by atoms with E-state index >= 15 is 0 Å². The number of hydrogen-bond donors (Lipinski definition) is 1. The van der Waals surface area contributed by atoms with Gasteiger partial charge in [-0.05, 0) is 30.0 Å². The zero-order valence-electron chi connectivity index (χ0n) is 12.7. The molecule has 2 rings (SSSR count). The standard InChI is InChI=1S/C18H21NO2/c1-4-12(2)13-5-7-14(8-6-13)18(20)16-10-9-15(19)11-17(16)21-3/h5-12H,4,19H2,1-3H3. The van der Waals surface area contributed by atoms with Crippen molar-refractivity contribution in [1.29, 1.82) is 0 Å². The number of rotatable bonds is 5. The second-order valence-electron chi connectivity index (χ2n) is 5.22. The highest BCUT2D eigenvalue weighted by atomic mass is 16.5. The SMILES string of the molecule is CCC(C)c1ccc(C(=O)c2ccc(N)cc2OC)cc1. The number of anilines is 1. The summed E-state index contributed by atoms with van der Waals surface area (Å²) in [6.45, 7) is 4.34. The van der Waals surface area contributed by atoms with Crippen molar-refractivity contribution in [3.05, 3.63) is 59.2 Å². The van der Waals surface area contributed by atoms with E-state index in [1.807, 2.05) is 24.3 Å². The Kier molecular flexibility index (Phi) is 4.63.